The Kier molecular flexibility index (Phi) is 5.90. The largest absolute Gasteiger partial charge is 0.325 e. The van der Waals surface area contributed by atoms with Crippen molar-refractivity contribution in [3.8, 4) is 0 Å². The van der Waals surface area contributed by atoms with E-state index in [1.165, 1.54) is 0 Å². The molecule has 0 radical (unpaired) electrons. The highest BCUT2D eigenvalue weighted by Crippen LogP contribution is 2.30. The van der Waals surface area contributed by atoms with Crippen molar-refractivity contribution in [3.05, 3.63) is 71.1 Å². The van der Waals surface area contributed by atoms with Gasteiger partial charge in [0.05, 0.1) is 4.91 Å². The third-order valence-electron chi connectivity index (χ3n) is 3.81. The van der Waals surface area contributed by atoms with E-state index in [0.29, 0.717) is 23.1 Å². The van der Waals surface area contributed by atoms with Crippen LogP contribution in [0.25, 0.3) is 0 Å². The van der Waals surface area contributed by atoms with Crippen LogP contribution in [0.3, 0.4) is 0 Å². The van der Waals surface area contributed by atoms with Gasteiger partial charge in [-0.15, -0.1) is 0 Å². The molecule has 0 spiro atoms. The number of para-hydroxylation sites is 1. The first-order chi connectivity index (χ1) is 13.4. The fourth-order valence-corrected chi connectivity index (χ4v) is 3.25. The monoisotopic (exact) mass is 395 g/mol. The molecule has 7 nitrogen and oxygen atoms in total. The molecular formula is C20H17N3O4S. The Bertz CT molecular complexity index is 955. The molecule has 1 aliphatic rings. The minimum atomic E-state index is -0.669. The number of hydrogen-bond donors (Lipinski definition) is 2. The summed E-state index contributed by atoms with van der Waals surface area (Å²) in [6, 6.07) is 15.9. The second kappa shape index (κ2) is 8.53. The van der Waals surface area contributed by atoms with Gasteiger partial charge in [-0.2, -0.15) is 0 Å². The third kappa shape index (κ3) is 4.86. The van der Waals surface area contributed by atoms with E-state index in [2.05, 4.69) is 10.6 Å². The molecule has 28 heavy (non-hydrogen) atoms. The molecule has 4 amide bonds. The lowest BCUT2D eigenvalue weighted by atomic mass is 10.2. The van der Waals surface area contributed by atoms with Gasteiger partial charge < -0.3 is 10.6 Å². The Balaban J connectivity index is 1.61. The molecule has 142 valence electrons. The summed E-state index contributed by atoms with van der Waals surface area (Å²) in [6.45, 7) is 1.50. The van der Waals surface area contributed by atoms with Crippen LogP contribution in [-0.2, 0) is 14.4 Å². The zero-order chi connectivity index (χ0) is 20.1. The molecule has 0 saturated carbocycles. The van der Waals surface area contributed by atoms with Crippen molar-refractivity contribution in [2.45, 2.75) is 6.92 Å². The quantitative estimate of drug-likeness (QED) is 0.759. The number of amides is 4. The smallest absolute Gasteiger partial charge is 0.294 e. The lowest BCUT2D eigenvalue weighted by Gasteiger charge is -2.12. The van der Waals surface area contributed by atoms with Gasteiger partial charge >= 0.3 is 0 Å². The summed E-state index contributed by atoms with van der Waals surface area (Å²) >= 11 is 0.629. The predicted octanol–water partition coefficient (Wildman–Crippen LogP) is 3.15. The zero-order valence-electron chi connectivity index (χ0n) is 15.0. The van der Waals surface area contributed by atoms with Crippen LogP contribution in [0.15, 0.2) is 65.6 Å². The topological polar surface area (TPSA) is 95.6 Å². The number of aryl methyl sites for hydroxylation is 1. The lowest BCUT2D eigenvalue weighted by molar-refractivity contribution is -0.127. The second-order valence-corrected chi connectivity index (χ2v) is 7.03. The molecule has 0 bridgehead atoms. The van der Waals surface area contributed by atoms with Crippen LogP contribution < -0.4 is 10.6 Å². The van der Waals surface area contributed by atoms with Crippen molar-refractivity contribution in [1.29, 1.82) is 0 Å². The molecule has 2 aromatic rings. The maximum absolute atomic E-state index is 12.4. The number of benzene rings is 2. The average molecular weight is 395 g/mol. The van der Waals surface area contributed by atoms with Crippen molar-refractivity contribution in [2.24, 2.45) is 0 Å². The van der Waals surface area contributed by atoms with Gasteiger partial charge in [0.25, 0.3) is 11.1 Å². The molecule has 1 aliphatic heterocycles. The number of nitrogens with zero attached hydrogens (tertiary/aromatic N) is 1. The van der Waals surface area contributed by atoms with Crippen LogP contribution in [0, 0.1) is 6.92 Å². The summed E-state index contributed by atoms with van der Waals surface area (Å²) in [6.07, 6.45) is 1.07. The lowest BCUT2D eigenvalue weighted by Crippen LogP contribution is -2.36. The van der Waals surface area contributed by atoms with Crippen molar-refractivity contribution in [1.82, 2.24) is 4.90 Å². The van der Waals surface area contributed by atoms with Gasteiger partial charge in [-0.05, 0) is 43.0 Å². The van der Waals surface area contributed by atoms with Crippen LogP contribution >= 0.6 is 11.8 Å². The van der Waals surface area contributed by atoms with Gasteiger partial charge in [0.15, 0.2) is 0 Å². The molecule has 0 aromatic heterocycles. The summed E-state index contributed by atoms with van der Waals surface area (Å²) in [5.41, 5.74) is 2.18. The highest BCUT2D eigenvalue weighted by atomic mass is 32.2. The Labute approximate surface area is 165 Å². The second-order valence-electron chi connectivity index (χ2n) is 6.04. The molecule has 2 aromatic carbocycles. The molecule has 0 unspecified atom stereocenters. The first kappa shape index (κ1) is 19.4. The minimum Gasteiger partial charge on any atom is -0.325 e. The minimum absolute atomic E-state index is 0.0263. The number of carbonyl (C=O) groups excluding carboxylic acids is 4. The summed E-state index contributed by atoms with van der Waals surface area (Å²) < 4.78 is 0. The summed E-state index contributed by atoms with van der Waals surface area (Å²) in [5, 5.41) is 4.64. The van der Waals surface area contributed by atoms with E-state index >= 15 is 0 Å². The van der Waals surface area contributed by atoms with Gasteiger partial charge in [-0.3, -0.25) is 24.1 Å². The van der Waals surface area contributed by atoms with E-state index in [0.717, 1.165) is 16.5 Å². The fraction of sp³-hybridized carbons (Fsp3) is 0.100. The highest BCUT2D eigenvalue weighted by Gasteiger charge is 2.36. The molecule has 2 N–H and O–H groups in total. The van der Waals surface area contributed by atoms with Gasteiger partial charge in [0, 0.05) is 17.5 Å². The standard InChI is InChI=1S/C20H17N3O4S/c1-13-7-9-15(10-8-13)22-18(25)12-23-19(26)16(28-20(23)27)11-17(24)21-14-5-3-2-4-6-14/h2-11H,12H2,1H3,(H,21,24)(H,22,25)/b16-11-. The van der Waals surface area contributed by atoms with Crippen LogP contribution in [0.2, 0.25) is 0 Å². The molecule has 1 heterocycles. The van der Waals surface area contributed by atoms with Crippen LogP contribution in [0.1, 0.15) is 5.56 Å². The first-order valence-corrected chi connectivity index (χ1v) is 9.22. The van der Waals surface area contributed by atoms with E-state index in [9.17, 15) is 19.2 Å². The Morgan fingerprint density at radius 3 is 2.29 bits per heavy atom. The number of rotatable bonds is 5. The highest BCUT2D eigenvalue weighted by molar-refractivity contribution is 8.18. The molecule has 8 heteroatoms. The normalized spacial score (nSPS) is 15.0. The maximum atomic E-state index is 12.4. The molecule has 1 saturated heterocycles. The van der Waals surface area contributed by atoms with E-state index in [1.807, 2.05) is 25.1 Å². The van der Waals surface area contributed by atoms with E-state index in [4.69, 9.17) is 0 Å². The van der Waals surface area contributed by atoms with E-state index in [-0.39, 0.29) is 4.91 Å². The Morgan fingerprint density at radius 1 is 0.964 bits per heavy atom. The number of hydrogen-bond acceptors (Lipinski definition) is 5. The van der Waals surface area contributed by atoms with Gasteiger partial charge in [-0.1, -0.05) is 35.9 Å². The van der Waals surface area contributed by atoms with Gasteiger partial charge in [-0.25, -0.2) is 0 Å². The van der Waals surface area contributed by atoms with Crippen LogP contribution in [0.5, 0.6) is 0 Å². The number of imide groups is 1. The summed E-state index contributed by atoms with van der Waals surface area (Å²) in [4.78, 5) is 49.5. The average Bonchev–Trinajstić information content (AvgIpc) is 2.91. The number of thioether (sulfide) groups is 1. The van der Waals surface area contributed by atoms with Crippen molar-refractivity contribution in [3.63, 3.8) is 0 Å². The molecule has 0 aliphatic carbocycles. The first-order valence-electron chi connectivity index (χ1n) is 8.40. The number of anilines is 2. The zero-order valence-corrected chi connectivity index (χ0v) is 15.8. The summed E-state index contributed by atoms with van der Waals surface area (Å²) in [7, 11) is 0. The Morgan fingerprint density at radius 2 is 1.61 bits per heavy atom. The summed E-state index contributed by atoms with van der Waals surface area (Å²) in [5.74, 6) is -1.70. The van der Waals surface area contributed by atoms with Crippen molar-refractivity contribution >= 4 is 46.1 Å². The van der Waals surface area contributed by atoms with Crippen molar-refractivity contribution in [2.75, 3.05) is 17.2 Å². The van der Waals surface area contributed by atoms with E-state index in [1.54, 1.807) is 36.4 Å². The Hall–Kier alpha value is -3.39. The van der Waals surface area contributed by atoms with E-state index < -0.39 is 29.5 Å². The SMILES string of the molecule is Cc1ccc(NC(=O)CN2C(=O)S/C(=C\C(=O)Nc3ccccc3)C2=O)cc1. The number of nitrogens with one attached hydrogen (secondary N) is 2. The third-order valence-corrected chi connectivity index (χ3v) is 4.72. The van der Waals surface area contributed by atoms with Gasteiger partial charge in [0.1, 0.15) is 6.54 Å². The molecule has 1 fully saturated rings. The maximum Gasteiger partial charge on any atom is 0.294 e. The van der Waals surface area contributed by atoms with Crippen molar-refractivity contribution < 1.29 is 19.2 Å². The molecular weight excluding hydrogens is 378 g/mol. The molecule has 0 atom stereocenters. The fourth-order valence-electron chi connectivity index (χ4n) is 2.44. The van der Waals surface area contributed by atoms with Crippen LogP contribution in [0.4, 0.5) is 16.2 Å². The molecule has 3 rings (SSSR count). The predicted molar refractivity (Wildman–Crippen MR) is 108 cm³/mol. The van der Waals surface area contributed by atoms with Gasteiger partial charge in [0.2, 0.25) is 11.8 Å². The van der Waals surface area contributed by atoms with Crippen LogP contribution in [-0.4, -0.2) is 34.4 Å². The number of carbonyl (C=O) groups is 4.